The standard InChI is InChI=1S/C15H18N4O/c1-12-18-5-7-19(12)15-4-3-13(9-14(15)10-16)11-17-6-8-20-2/h3-5,7,9,17H,6,8,11H2,1-2H3. The second-order valence-corrected chi connectivity index (χ2v) is 4.48. The van der Waals surface area contributed by atoms with Gasteiger partial charge in [-0.25, -0.2) is 4.98 Å². The quantitative estimate of drug-likeness (QED) is 0.813. The van der Waals surface area contributed by atoms with E-state index in [0.717, 1.165) is 30.2 Å². The van der Waals surface area contributed by atoms with Gasteiger partial charge in [0.15, 0.2) is 0 Å². The van der Waals surface area contributed by atoms with Crippen LogP contribution in [0.2, 0.25) is 0 Å². The molecular formula is C15H18N4O. The van der Waals surface area contributed by atoms with Crippen molar-refractivity contribution in [3.8, 4) is 11.8 Å². The summed E-state index contributed by atoms with van der Waals surface area (Å²) < 4.78 is 6.90. The third-order valence-electron chi connectivity index (χ3n) is 3.08. The largest absolute Gasteiger partial charge is 0.383 e. The summed E-state index contributed by atoms with van der Waals surface area (Å²) in [5.41, 5.74) is 2.60. The lowest BCUT2D eigenvalue weighted by Crippen LogP contribution is -2.18. The predicted molar refractivity (Wildman–Crippen MR) is 76.6 cm³/mol. The molecule has 0 unspecified atom stereocenters. The van der Waals surface area contributed by atoms with Crippen LogP contribution in [0.25, 0.3) is 5.69 Å². The SMILES string of the molecule is COCCNCc1ccc(-n2ccnc2C)c(C#N)c1. The Morgan fingerprint density at radius 1 is 1.45 bits per heavy atom. The maximum Gasteiger partial charge on any atom is 0.110 e. The molecule has 0 aliphatic carbocycles. The van der Waals surface area contributed by atoms with Gasteiger partial charge >= 0.3 is 0 Å². The summed E-state index contributed by atoms with van der Waals surface area (Å²) in [5, 5.41) is 12.6. The number of nitriles is 1. The number of aromatic nitrogens is 2. The third kappa shape index (κ3) is 3.23. The molecule has 104 valence electrons. The zero-order chi connectivity index (χ0) is 14.4. The zero-order valence-corrected chi connectivity index (χ0v) is 11.8. The average Bonchev–Trinajstić information content (AvgIpc) is 2.89. The van der Waals surface area contributed by atoms with Gasteiger partial charge in [-0.2, -0.15) is 5.26 Å². The van der Waals surface area contributed by atoms with Crippen LogP contribution in [0.3, 0.4) is 0 Å². The summed E-state index contributed by atoms with van der Waals surface area (Å²) in [6.07, 6.45) is 3.60. The minimum absolute atomic E-state index is 0.650. The van der Waals surface area contributed by atoms with Gasteiger partial charge in [0, 0.05) is 32.6 Å². The molecule has 1 aromatic heterocycles. The number of methoxy groups -OCH3 is 1. The monoisotopic (exact) mass is 270 g/mol. The van der Waals surface area contributed by atoms with Crippen LogP contribution in [0.1, 0.15) is 17.0 Å². The van der Waals surface area contributed by atoms with Crippen LogP contribution in [0, 0.1) is 18.3 Å². The van der Waals surface area contributed by atoms with Crippen molar-refractivity contribution in [2.45, 2.75) is 13.5 Å². The summed E-state index contributed by atoms with van der Waals surface area (Å²) in [5.74, 6) is 0.868. The number of imidazole rings is 1. The lowest BCUT2D eigenvalue weighted by atomic mass is 10.1. The Kier molecular flexibility index (Phi) is 4.88. The molecule has 0 amide bonds. The van der Waals surface area contributed by atoms with E-state index in [2.05, 4.69) is 16.4 Å². The molecule has 0 saturated heterocycles. The van der Waals surface area contributed by atoms with E-state index in [1.165, 1.54) is 0 Å². The van der Waals surface area contributed by atoms with Crippen LogP contribution < -0.4 is 5.32 Å². The molecular weight excluding hydrogens is 252 g/mol. The van der Waals surface area contributed by atoms with Gasteiger partial charge in [0.25, 0.3) is 0 Å². The zero-order valence-electron chi connectivity index (χ0n) is 11.8. The maximum absolute atomic E-state index is 9.32. The average molecular weight is 270 g/mol. The minimum Gasteiger partial charge on any atom is -0.383 e. The Balaban J connectivity index is 2.17. The van der Waals surface area contributed by atoms with Gasteiger partial charge in [-0.3, -0.25) is 0 Å². The first-order valence-corrected chi connectivity index (χ1v) is 6.49. The summed E-state index contributed by atoms with van der Waals surface area (Å²) in [6, 6.07) is 8.15. The molecule has 0 atom stereocenters. The maximum atomic E-state index is 9.32. The molecule has 0 aliphatic heterocycles. The van der Waals surface area contributed by atoms with Gasteiger partial charge in [0.2, 0.25) is 0 Å². The van der Waals surface area contributed by atoms with Crippen LogP contribution in [0.5, 0.6) is 0 Å². The Bertz CT molecular complexity index is 613. The number of nitrogens with one attached hydrogen (secondary N) is 1. The van der Waals surface area contributed by atoms with E-state index >= 15 is 0 Å². The molecule has 2 rings (SSSR count). The molecule has 20 heavy (non-hydrogen) atoms. The van der Waals surface area contributed by atoms with Crippen molar-refractivity contribution in [3.05, 3.63) is 47.5 Å². The first-order valence-electron chi connectivity index (χ1n) is 6.49. The van der Waals surface area contributed by atoms with Crippen LogP contribution in [-0.2, 0) is 11.3 Å². The molecule has 2 aromatic rings. The molecule has 1 aromatic carbocycles. The fourth-order valence-electron chi connectivity index (χ4n) is 2.03. The van der Waals surface area contributed by atoms with Crippen LogP contribution in [0.4, 0.5) is 0 Å². The minimum atomic E-state index is 0.650. The van der Waals surface area contributed by atoms with E-state index in [1.54, 1.807) is 13.3 Å². The highest BCUT2D eigenvalue weighted by Crippen LogP contribution is 2.17. The summed E-state index contributed by atoms with van der Waals surface area (Å²) in [4.78, 5) is 4.19. The molecule has 1 heterocycles. The summed E-state index contributed by atoms with van der Waals surface area (Å²) >= 11 is 0. The number of benzene rings is 1. The Hall–Kier alpha value is -2.16. The smallest absolute Gasteiger partial charge is 0.110 e. The normalized spacial score (nSPS) is 10.4. The number of hydrogen-bond donors (Lipinski definition) is 1. The summed E-state index contributed by atoms with van der Waals surface area (Å²) in [6.45, 7) is 4.11. The van der Waals surface area contributed by atoms with Crippen molar-refractivity contribution in [2.75, 3.05) is 20.3 Å². The first kappa shape index (κ1) is 14.3. The van der Waals surface area contributed by atoms with Crippen LogP contribution in [-0.4, -0.2) is 29.8 Å². The third-order valence-corrected chi connectivity index (χ3v) is 3.08. The number of aryl methyl sites for hydroxylation is 1. The van der Waals surface area contributed by atoms with E-state index in [9.17, 15) is 5.26 Å². The van der Waals surface area contributed by atoms with Crippen molar-refractivity contribution in [1.82, 2.24) is 14.9 Å². The molecule has 0 spiro atoms. The van der Waals surface area contributed by atoms with Gasteiger partial charge in [-0.05, 0) is 24.6 Å². The van der Waals surface area contributed by atoms with Crippen LogP contribution >= 0.6 is 0 Å². The first-order chi connectivity index (χ1) is 9.76. The van der Waals surface area contributed by atoms with E-state index in [0.29, 0.717) is 12.2 Å². The van der Waals surface area contributed by atoms with E-state index in [1.807, 2.05) is 35.9 Å². The van der Waals surface area contributed by atoms with Gasteiger partial charge < -0.3 is 14.6 Å². The fourth-order valence-corrected chi connectivity index (χ4v) is 2.03. The number of rotatable bonds is 6. The lowest BCUT2D eigenvalue weighted by Gasteiger charge is -2.10. The summed E-state index contributed by atoms with van der Waals surface area (Å²) in [7, 11) is 1.68. The fraction of sp³-hybridized carbons (Fsp3) is 0.333. The van der Waals surface area contributed by atoms with Crippen molar-refractivity contribution in [2.24, 2.45) is 0 Å². The number of hydrogen-bond acceptors (Lipinski definition) is 4. The van der Waals surface area contributed by atoms with Gasteiger partial charge in [0.05, 0.1) is 17.9 Å². The molecule has 0 radical (unpaired) electrons. The van der Waals surface area contributed by atoms with Gasteiger partial charge in [0.1, 0.15) is 11.9 Å². The Labute approximate surface area is 118 Å². The number of ether oxygens (including phenoxy) is 1. The Morgan fingerprint density at radius 3 is 2.95 bits per heavy atom. The van der Waals surface area contributed by atoms with Gasteiger partial charge in [-0.15, -0.1) is 0 Å². The second-order valence-electron chi connectivity index (χ2n) is 4.48. The van der Waals surface area contributed by atoms with Crippen molar-refractivity contribution in [3.63, 3.8) is 0 Å². The highest BCUT2D eigenvalue weighted by Gasteiger charge is 2.07. The second kappa shape index (κ2) is 6.85. The molecule has 1 N–H and O–H groups in total. The molecule has 0 fully saturated rings. The Morgan fingerprint density at radius 2 is 2.30 bits per heavy atom. The van der Waals surface area contributed by atoms with Crippen LogP contribution in [0.15, 0.2) is 30.6 Å². The number of nitrogens with zero attached hydrogens (tertiary/aromatic N) is 3. The van der Waals surface area contributed by atoms with Gasteiger partial charge in [-0.1, -0.05) is 6.07 Å². The van der Waals surface area contributed by atoms with Crippen molar-refractivity contribution < 1.29 is 4.74 Å². The van der Waals surface area contributed by atoms with E-state index in [4.69, 9.17) is 4.74 Å². The molecule has 5 heteroatoms. The molecule has 0 saturated carbocycles. The molecule has 5 nitrogen and oxygen atoms in total. The van der Waals surface area contributed by atoms with Crippen molar-refractivity contribution >= 4 is 0 Å². The topological polar surface area (TPSA) is 62.9 Å². The lowest BCUT2D eigenvalue weighted by molar-refractivity contribution is 0.199. The highest BCUT2D eigenvalue weighted by atomic mass is 16.5. The van der Waals surface area contributed by atoms with E-state index < -0.39 is 0 Å². The van der Waals surface area contributed by atoms with E-state index in [-0.39, 0.29) is 0 Å². The molecule has 0 bridgehead atoms. The van der Waals surface area contributed by atoms with Crippen molar-refractivity contribution in [1.29, 1.82) is 5.26 Å². The molecule has 0 aliphatic rings. The highest BCUT2D eigenvalue weighted by molar-refractivity contribution is 5.51. The predicted octanol–water partition coefficient (Wildman–Crippen LogP) is 1.79.